The van der Waals surface area contributed by atoms with E-state index in [9.17, 15) is 21.6 Å². The van der Waals surface area contributed by atoms with E-state index >= 15 is 0 Å². The van der Waals surface area contributed by atoms with Crippen LogP contribution in [0, 0.1) is 17.5 Å². The largest absolute Gasteiger partial charge is 0.265 e. The van der Waals surface area contributed by atoms with Gasteiger partial charge in [-0.2, -0.15) is 8.42 Å². The zero-order chi connectivity index (χ0) is 11.6. The van der Waals surface area contributed by atoms with Crippen LogP contribution in [-0.2, 0) is 20.9 Å². The quantitative estimate of drug-likeness (QED) is 0.595. The minimum absolute atomic E-state index is 0.330. The highest BCUT2D eigenvalue weighted by molar-refractivity contribution is 7.85. The van der Waals surface area contributed by atoms with E-state index < -0.39 is 34.2 Å². The minimum atomic E-state index is -3.74. The summed E-state index contributed by atoms with van der Waals surface area (Å²) in [6.07, 6.45) is 0.769. The highest BCUT2D eigenvalue weighted by Gasteiger charge is 2.11. The van der Waals surface area contributed by atoms with Gasteiger partial charge in [0.1, 0.15) is 5.82 Å². The SMILES string of the molecule is CS(=O)(=O)OCc1cc(F)c(F)cc1F. The molecule has 1 aromatic rings. The average Bonchev–Trinajstić information content (AvgIpc) is 2.07. The number of hydrogen-bond donors (Lipinski definition) is 0. The van der Waals surface area contributed by atoms with Crippen LogP contribution in [0.4, 0.5) is 13.2 Å². The maximum absolute atomic E-state index is 12.9. The lowest BCUT2D eigenvalue weighted by molar-refractivity contribution is 0.304. The minimum Gasteiger partial charge on any atom is -0.265 e. The molecule has 84 valence electrons. The number of benzene rings is 1. The molecular weight excluding hydrogens is 233 g/mol. The molecule has 0 aliphatic carbocycles. The first-order valence-corrected chi connectivity index (χ1v) is 5.59. The smallest absolute Gasteiger partial charge is 0.264 e. The second-order valence-electron chi connectivity index (χ2n) is 2.82. The predicted molar refractivity (Wildman–Crippen MR) is 45.9 cm³/mol. The monoisotopic (exact) mass is 240 g/mol. The predicted octanol–water partition coefficient (Wildman–Crippen LogP) is 1.58. The Hall–Kier alpha value is -1.08. The lowest BCUT2D eigenvalue weighted by Gasteiger charge is -2.03. The average molecular weight is 240 g/mol. The second kappa shape index (κ2) is 4.19. The maximum atomic E-state index is 12.9. The van der Waals surface area contributed by atoms with Gasteiger partial charge in [0.05, 0.1) is 12.9 Å². The molecule has 0 N–H and O–H groups in total. The molecule has 3 nitrogen and oxygen atoms in total. The maximum Gasteiger partial charge on any atom is 0.264 e. The van der Waals surface area contributed by atoms with Crippen molar-refractivity contribution in [3.8, 4) is 0 Å². The van der Waals surface area contributed by atoms with Gasteiger partial charge in [-0.25, -0.2) is 13.2 Å². The van der Waals surface area contributed by atoms with Gasteiger partial charge >= 0.3 is 0 Å². The summed E-state index contributed by atoms with van der Waals surface area (Å²) in [5.74, 6) is -3.66. The standard InChI is InChI=1S/C8H7F3O3S/c1-15(12,13)14-4-5-2-7(10)8(11)3-6(5)9/h2-3H,4H2,1H3. The second-order valence-corrected chi connectivity index (χ2v) is 4.47. The summed E-state index contributed by atoms with van der Waals surface area (Å²) in [6, 6.07) is 0.881. The van der Waals surface area contributed by atoms with Crippen LogP contribution >= 0.6 is 0 Å². The molecule has 0 saturated heterocycles. The molecule has 0 fully saturated rings. The van der Waals surface area contributed by atoms with Gasteiger partial charge in [0.15, 0.2) is 11.6 Å². The summed E-state index contributed by atoms with van der Waals surface area (Å²) in [6.45, 7) is -0.665. The van der Waals surface area contributed by atoms with Crippen molar-refractivity contribution in [2.24, 2.45) is 0 Å². The molecule has 0 bridgehead atoms. The summed E-state index contributed by atoms with van der Waals surface area (Å²) in [7, 11) is -3.74. The molecule has 0 aromatic heterocycles. The van der Waals surface area contributed by atoms with Crippen molar-refractivity contribution in [1.29, 1.82) is 0 Å². The molecule has 1 aromatic carbocycles. The van der Waals surface area contributed by atoms with Crippen molar-refractivity contribution in [1.82, 2.24) is 0 Å². The van der Waals surface area contributed by atoms with Gasteiger partial charge in [0.25, 0.3) is 10.1 Å². The third-order valence-corrected chi connectivity index (χ3v) is 2.06. The Morgan fingerprint density at radius 2 is 1.67 bits per heavy atom. The molecule has 0 atom stereocenters. The van der Waals surface area contributed by atoms with E-state index in [1.54, 1.807) is 0 Å². The van der Waals surface area contributed by atoms with E-state index in [4.69, 9.17) is 0 Å². The van der Waals surface area contributed by atoms with E-state index in [2.05, 4.69) is 4.18 Å². The number of hydrogen-bond acceptors (Lipinski definition) is 3. The molecule has 0 saturated carbocycles. The lowest BCUT2D eigenvalue weighted by atomic mass is 10.2. The summed E-state index contributed by atoms with van der Waals surface area (Å²) >= 11 is 0. The van der Waals surface area contributed by atoms with Gasteiger partial charge in [-0.15, -0.1) is 0 Å². The van der Waals surface area contributed by atoms with Gasteiger partial charge in [0.2, 0.25) is 0 Å². The van der Waals surface area contributed by atoms with Crippen molar-refractivity contribution in [2.45, 2.75) is 6.61 Å². The molecule has 15 heavy (non-hydrogen) atoms. The number of halogens is 3. The van der Waals surface area contributed by atoms with E-state index in [-0.39, 0.29) is 5.56 Å². The zero-order valence-corrected chi connectivity index (χ0v) is 8.45. The normalized spacial score (nSPS) is 11.7. The van der Waals surface area contributed by atoms with Crippen LogP contribution in [0.1, 0.15) is 5.56 Å². The fraction of sp³-hybridized carbons (Fsp3) is 0.250. The highest BCUT2D eigenvalue weighted by Crippen LogP contribution is 2.15. The Kier molecular flexibility index (Phi) is 3.35. The lowest BCUT2D eigenvalue weighted by Crippen LogP contribution is -2.05. The van der Waals surface area contributed by atoms with Gasteiger partial charge in [-0.05, 0) is 6.07 Å². The molecule has 0 spiro atoms. The van der Waals surface area contributed by atoms with Crippen LogP contribution in [0.15, 0.2) is 12.1 Å². The molecule has 0 aliphatic heterocycles. The van der Waals surface area contributed by atoms with Crippen LogP contribution < -0.4 is 0 Å². The fourth-order valence-electron chi connectivity index (χ4n) is 0.845. The molecule has 0 amide bonds. The summed E-state index contributed by atoms with van der Waals surface area (Å²) in [4.78, 5) is 0. The topological polar surface area (TPSA) is 43.4 Å². The summed E-state index contributed by atoms with van der Waals surface area (Å²) < 4.78 is 63.4. The highest BCUT2D eigenvalue weighted by atomic mass is 32.2. The van der Waals surface area contributed by atoms with Gasteiger partial charge in [-0.3, -0.25) is 4.18 Å². The van der Waals surface area contributed by atoms with E-state index in [0.29, 0.717) is 12.1 Å². The Labute approximate surface area is 84.6 Å². The Morgan fingerprint density at radius 1 is 1.13 bits per heavy atom. The first kappa shape index (κ1) is 12.0. The third-order valence-electron chi connectivity index (χ3n) is 1.52. The van der Waals surface area contributed by atoms with Crippen LogP contribution in [0.25, 0.3) is 0 Å². The fourth-order valence-corrected chi connectivity index (χ4v) is 1.19. The Morgan fingerprint density at radius 3 is 2.20 bits per heavy atom. The van der Waals surface area contributed by atoms with Crippen LogP contribution in [-0.4, -0.2) is 14.7 Å². The van der Waals surface area contributed by atoms with Crippen molar-refractivity contribution < 1.29 is 25.8 Å². The van der Waals surface area contributed by atoms with Crippen LogP contribution in [0.3, 0.4) is 0 Å². The van der Waals surface area contributed by atoms with E-state index in [1.807, 2.05) is 0 Å². The van der Waals surface area contributed by atoms with Gasteiger partial charge < -0.3 is 0 Å². The Bertz CT molecular complexity index is 470. The molecule has 0 aliphatic rings. The van der Waals surface area contributed by atoms with Crippen molar-refractivity contribution in [3.05, 3.63) is 35.1 Å². The first-order valence-electron chi connectivity index (χ1n) is 3.77. The summed E-state index contributed by atoms with van der Waals surface area (Å²) in [5.41, 5.74) is -0.362. The van der Waals surface area contributed by atoms with Crippen molar-refractivity contribution >= 4 is 10.1 Å². The molecule has 1 rings (SSSR count). The third kappa shape index (κ3) is 3.52. The van der Waals surface area contributed by atoms with Gasteiger partial charge in [-0.1, -0.05) is 0 Å². The van der Waals surface area contributed by atoms with Crippen LogP contribution in [0.2, 0.25) is 0 Å². The molecule has 7 heteroatoms. The molecule has 0 radical (unpaired) electrons. The zero-order valence-electron chi connectivity index (χ0n) is 7.63. The summed E-state index contributed by atoms with van der Waals surface area (Å²) in [5, 5.41) is 0. The van der Waals surface area contributed by atoms with Crippen molar-refractivity contribution in [2.75, 3.05) is 6.26 Å². The Balaban J connectivity index is 2.91. The van der Waals surface area contributed by atoms with E-state index in [1.165, 1.54) is 0 Å². The molecule has 0 heterocycles. The van der Waals surface area contributed by atoms with Crippen molar-refractivity contribution in [3.63, 3.8) is 0 Å². The molecule has 0 unspecified atom stereocenters. The van der Waals surface area contributed by atoms with E-state index in [0.717, 1.165) is 6.26 Å². The van der Waals surface area contributed by atoms with Gasteiger partial charge in [0, 0.05) is 11.6 Å². The first-order chi connectivity index (χ1) is 6.79. The molecular formula is C8H7F3O3S. The van der Waals surface area contributed by atoms with Crippen LogP contribution in [0.5, 0.6) is 0 Å². The number of rotatable bonds is 3.